The van der Waals surface area contributed by atoms with Gasteiger partial charge in [-0.1, -0.05) is 17.7 Å². The van der Waals surface area contributed by atoms with Crippen molar-refractivity contribution in [3.8, 4) is 5.75 Å². The van der Waals surface area contributed by atoms with Gasteiger partial charge in [0, 0.05) is 23.0 Å². The van der Waals surface area contributed by atoms with Crippen LogP contribution < -0.4 is 4.74 Å². The molecule has 3 aromatic rings. The standard InChI is InChI=1S/C16H15ClN2O2/c1-11(20)14-8-12(17)5-6-15(14)21-10-13-9-19-7-3-2-4-16(19)18-13/h2-9,11,20H,10H2,1H3/t11-/m0/s1. The van der Waals surface area contributed by atoms with Gasteiger partial charge in [-0.25, -0.2) is 4.98 Å². The molecule has 5 heteroatoms. The fraction of sp³-hybridized carbons (Fsp3) is 0.188. The molecule has 1 atom stereocenters. The van der Waals surface area contributed by atoms with E-state index in [2.05, 4.69) is 4.98 Å². The van der Waals surface area contributed by atoms with Crippen LogP contribution in [0.1, 0.15) is 24.3 Å². The van der Waals surface area contributed by atoms with Crippen molar-refractivity contribution in [2.45, 2.75) is 19.6 Å². The van der Waals surface area contributed by atoms with Crippen molar-refractivity contribution in [1.29, 1.82) is 0 Å². The van der Waals surface area contributed by atoms with E-state index in [-0.39, 0.29) is 0 Å². The fourth-order valence-corrected chi connectivity index (χ4v) is 2.37. The highest BCUT2D eigenvalue weighted by atomic mass is 35.5. The Bertz CT molecular complexity index is 735. The number of pyridine rings is 1. The molecule has 108 valence electrons. The van der Waals surface area contributed by atoms with Crippen molar-refractivity contribution >= 4 is 17.2 Å². The van der Waals surface area contributed by atoms with Gasteiger partial charge in [0.2, 0.25) is 0 Å². The SMILES string of the molecule is C[C@H](O)c1cc(Cl)ccc1OCc1cn2ccccc2n1. The van der Waals surface area contributed by atoms with Crippen LogP contribution in [0.5, 0.6) is 5.75 Å². The summed E-state index contributed by atoms with van der Waals surface area (Å²) >= 11 is 5.95. The number of halogens is 1. The van der Waals surface area contributed by atoms with E-state index in [9.17, 15) is 5.11 Å². The van der Waals surface area contributed by atoms with Crippen molar-refractivity contribution in [1.82, 2.24) is 9.38 Å². The Morgan fingerprint density at radius 3 is 2.95 bits per heavy atom. The Labute approximate surface area is 127 Å². The molecule has 0 aliphatic rings. The zero-order valence-electron chi connectivity index (χ0n) is 11.5. The summed E-state index contributed by atoms with van der Waals surface area (Å²) in [5, 5.41) is 10.4. The zero-order valence-corrected chi connectivity index (χ0v) is 12.3. The van der Waals surface area contributed by atoms with Gasteiger partial charge < -0.3 is 14.2 Å². The number of hydrogen-bond donors (Lipinski definition) is 1. The molecule has 0 saturated heterocycles. The number of aliphatic hydroxyl groups excluding tert-OH is 1. The fourth-order valence-electron chi connectivity index (χ4n) is 2.19. The maximum Gasteiger partial charge on any atom is 0.137 e. The molecular formula is C16H15ClN2O2. The third-order valence-electron chi connectivity index (χ3n) is 3.21. The number of nitrogens with zero attached hydrogens (tertiary/aromatic N) is 2. The number of hydrogen-bond acceptors (Lipinski definition) is 3. The predicted molar refractivity (Wildman–Crippen MR) is 81.6 cm³/mol. The van der Waals surface area contributed by atoms with Gasteiger partial charge in [0.05, 0.1) is 11.8 Å². The van der Waals surface area contributed by atoms with E-state index in [0.717, 1.165) is 11.3 Å². The lowest BCUT2D eigenvalue weighted by atomic mass is 10.1. The Balaban J connectivity index is 1.81. The average molecular weight is 303 g/mol. The van der Waals surface area contributed by atoms with Gasteiger partial charge in [-0.15, -0.1) is 0 Å². The van der Waals surface area contributed by atoms with Crippen molar-refractivity contribution < 1.29 is 9.84 Å². The zero-order chi connectivity index (χ0) is 14.8. The number of imidazole rings is 1. The molecule has 2 heterocycles. The van der Waals surface area contributed by atoms with Crippen LogP contribution in [0.15, 0.2) is 48.8 Å². The second kappa shape index (κ2) is 5.76. The van der Waals surface area contributed by atoms with E-state index in [1.165, 1.54) is 0 Å². The summed E-state index contributed by atoms with van der Waals surface area (Å²) in [5.74, 6) is 0.617. The van der Waals surface area contributed by atoms with Gasteiger partial charge >= 0.3 is 0 Å². The molecular weight excluding hydrogens is 288 g/mol. The normalized spacial score (nSPS) is 12.5. The molecule has 0 unspecified atom stereocenters. The topological polar surface area (TPSA) is 46.8 Å². The lowest BCUT2D eigenvalue weighted by Crippen LogP contribution is -2.01. The van der Waals surface area contributed by atoms with Gasteiger partial charge in [0.25, 0.3) is 0 Å². The average Bonchev–Trinajstić information content (AvgIpc) is 2.88. The van der Waals surface area contributed by atoms with Gasteiger partial charge in [-0.05, 0) is 37.3 Å². The number of ether oxygens (including phenoxy) is 1. The summed E-state index contributed by atoms with van der Waals surface area (Å²) in [7, 11) is 0. The van der Waals surface area contributed by atoms with Crippen molar-refractivity contribution in [3.63, 3.8) is 0 Å². The molecule has 1 aromatic carbocycles. The summed E-state index contributed by atoms with van der Waals surface area (Å²) in [5.41, 5.74) is 2.38. The molecule has 0 aliphatic carbocycles. The third-order valence-corrected chi connectivity index (χ3v) is 3.45. The Kier molecular flexibility index (Phi) is 3.82. The van der Waals surface area contributed by atoms with Crippen molar-refractivity contribution in [2.75, 3.05) is 0 Å². The molecule has 0 fully saturated rings. The first-order valence-electron chi connectivity index (χ1n) is 6.66. The van der Waals surface area contributed by atoms with E-state index in [0.29, 0.717) is 22.9 Å². The molecule has 0 spiro atoms. The van der Waals surface area contributed by atoms with E-state index >= 15 is 0 Å². The molecule has 0 amide bonds. The quantitative estimate of drug-likeness (QED) is 0.800. The highest BCUT2D eigenvalue weighted by molar-refractivity contribution is 6.30. The highest BCUT2D eigenvalue weighted by Gasteiger charge is 2.11. The number of aliphatic hydroxyl groups is 1. The molecule has 0 saturated carbocycles. The van der Waals surface area contributed by atoms with Gasteiger partial charge in [-0.2, -0.15) is 0 Å². The highest BCUT2D eigenvalue weighted by Crippen LogP contribution is 2.28. The van der Waals surface area contributed by atoms with Crippen LogP contribution in [0.25, 0.3) is 5.65 Å². The lowest BCUT2D eigenvalue weighted by molar-refractivity contribution is 0.190. The van der Waals surface area contributed by atoms with Gasteiger partial charge in [0.15, 0.2) is 0 Å². The van der Waals surface area contributed by atoms with Crippen LogP contribution in [0.3, 0.4) is 0 Å². The maximum atomic E-state index is 9.78. The van der Waals surface area contributed by atoms with E-state index in [1.807, 2.05) is 35.0 Å². The smallest absolute Gasteiger partial charge is 0.137 e. The Morgan fingerprint density at radius 2 is 2.19 bits per heavy atom. The maximum absolute atomic E-state index is 9.78. The minimum absolute atomic E-state index is 0.336. The van der Waals surface area contributed by atoms with Crippen LogP contribution in [0, 0.1) is 0 Å². The summed E-state index contributed by atoms with van der Waals surface area (Å²) in [6.45, 7) is 2.02. The van der Waals surface area contributed by atoms with E-state index < -0.39 is 6.10 Å². The monoisotopic (exact) mass is 302 g/mol. The molecule has 0 radical (unpaired) electrons. The summed E-state index contributed by atoms with van der Waals surface area (Å²) in [6, 6.07) is 11.0. The molecule has 2 aromatic heterocycles. The summed E-state index contributed by atoms with van der Waals surface area (Å²) in [6.07, 6.45) is 3.22. The molecule has 4 nitrogen and oxygen atoms in total. The Hall–Kier alpha value is -2.04. The molecule has 1 N–H and O–H groups in total. The first-order chi connectivity index (χ1) is 10.1. The Morgan fingerprint density at radius 1 is 1.33 bits per heavy atom. The number of aromatic nitrogens is 2. The largest absolute Gasteiger partial charge is 0.487 e. The number of rotatable bonds is 4. The van der Waals surface area contributed by atoms with Crippen molar-refractivity contribution in [3.05, 3.63) is 65.1 Å². The molecule has 21 heavy (non-hydrogen) atoms. The second-order valence-electron chi connectivity index (χ2n) is 4.85. The van der Waals surface area contributed by atoms with Crippen LogP contribution in [0.4, 0.5) is 0 Å². The van der Waals surface area contributed by atoms with E-state index in [1.54, 1.807) is 25.1 Å². The molecule has 0 aliphatic heterocycles. The first kappa shape index (κ1) is 13.9. The van der Waals surface area contributed by atoms with Crippen LogP contribution in [-0.4, -0.2) is 14.5 Å². The minimum Gasteiger partial charge on any atom is -0.487 e. The number of fused-ring (bicyclic) bond motifs is 1. The predicted octanol–water partition coefficient (Wildman–Crippen LogP) is 3.62. The molecule has 0 bridgehead atoms. The van der Waals surface area contributed by atoms with Crippen LogP contribution in [-0.2, 0) is 6.61 Å². The van der Waals surface area contributed by atoms with Gasteiger partial charge in [-0.3, -0.25) is 0 Å². The van der Waals surface area contributed by atoms with Gasteiger partial charge in [0.1, 0.15) is 18.0 Å². The first-order valence-corrected chi connectivity index (χ1v) is 7.04. The second-order valence-corrected chi connectivity index (χ2v) is 5.28. The number of benzene rings is 1. The van der Waals surface area contributed by atoms with Crippen molar-refractivity contribution in [2.24, 2.45) is 0 Å². The summed E-state index contributed by atoms with van der Waals surface area (Å²) in [4.78, 5) is 4.47. The summed E-state index contributed by atoms with van der Waals surface area (Å²) < 4.78 is 7.72. The van der Waals surface area contributed by atoms with E-state index in [4.69, 9.17) is 16.3 Å². The molecule has 3 rings (SSSR count). The minimum atomic E-state index is -0.639. The van der Waals surface area contributed by atoms with Crippen LogP contribution >= 0.6 is 11.6 Å². The third kappa shape index (κ3) is 3.01. The van der Waals surface area contributed by atoms with Crippen LogP contribution in [0.2, 0.25) is 5.02 Å². The lowest BCUT2D eigenvalue weighted by Gasteiger charge is -2.13.